The van der Waals surface area contributed by atoms with Gasteiger partial charge in [-0.25, -0.2) is 4.98 Å². The number of imidazole rings is 1. The number of carbonyl (C=O) groups excluding carboxylic acids is 5. The predicted octanol–water partition coefficient (Wildman–Crippen LogP) is -0.385. The molecule has 1 aromatic carbocycles. The van der Waals surface area contributed by atoms with Gasteiger partial charge in [-0.1, -0.05) is 12.1 Å². The highest BCUT2D eigenvalue weighted by Gasteiger charge is 2.52. The minimum Gasteiger partial charge on any atom is -0.463 e. The molecule has 16 heteroatoms. The Labute approximate surface area is 233 Å². The average molecular weight is 580 g/mol. The molecule has 40 heavy (non-hydrogen) atoms. The van der Waals surface area contributed by atoms with E-state index in [2.05, 4.69) is 21.2 Å². The van der Waals surface area contributed by atoms with Crippen LogP contribution in [0.15, 0.2) is 30.6 Å². The number of nitrogens with one attached hydrogen (secondary N) is 3. The van der Waals surface area contributed by atoms with Crippen LogP contribution in [0.4, 0.5) is 0 Å². The van der Waals surface area contributed by atoms with Crippen molar-refractivity contribution in [1.29, 1.82) is 0 Å². The summed E-state index contributed by atoms with van der Waals surface area (Å²) in [5.74, 6) is -3.40. The number of benzene rings is 1. The molecule has 0 saturated carbocycles. The summed E-state index contributed by atoms with van der Waals surface area (Å²) in [6.45, 7) is 4.04. The van der Waals surface area contributed by atoms with Gasteiger partial charge in [-0.3, -0.25) is 34.8 Å². The summed E-state index contributed by atoms with van der Waals surface area (Å²) in [7, 11) is 0. The van der Waals surface area contributed by atoms with Crippen LogP contribution in [0.25, 0.3) is 11.0 Å². The molecule has 1 amide bonds. The molecule has 1 aliphatic heterocycles. The number of ether oxygens (including phenoxy) is 5. The lowest BCUT2D eigenvalue weighted by atomic mass is 9.97. The van der Waals surface area contributed by atoms with E-state index >= 15 is 0 Å². The predicted molar refractivity (Wildman–Crippen MR) is 139 cm³/mol. The number of aromatic nitrogens is 2. The van der Waals surface area contributed by atoms with Crippen molar-refractivity contribution in [2.45, 2.75) is 64.9 Å². The third-order valence-corrected chi connectivity index (χ3v) is 5.64. The van der Waals surface area contributed by atoms with Gasteiger partial charge < -0.3 is 33.6 Å². The smallest absolute Gasteiger partial charge is 0.303 e. The summed E-state index contributed by atoms with van der Waals surface area (Å²) in [5, 5.41) is 2.57. The highest BCUT2D eigenvalue weighted by molar-refractivity contribution is 7.80. The number of amides is 1. The molecule has 0 spiro atoms. The lowest BCUT2D eigenvalue weighted by Gasteiger charge is -2.44. The van der Waals surface area contributed by atoms with E-state index in [0.29, 0.717) is 0 Å². The molecule has 15 nitrogen and oxygen atoms in total. The zero-order valence-electron chi connectivity index (χ0n) is 22.1. The molecule has 216 valence electrons. The molecule has 2 aromatic rings. The first-order valence-electron chi connectivity index (χ1n) is 12.0. The summed E-state index contributed by atoms with van der Waals surface area (Å²) < 4.78 is 28.6. The summed E-state index contributed by atoms with van der Waals surface area (Å²) in [4.78, 5) is 63.9. The first kappa shape index (κ1) is 30.2. The van der Waals surface area contributed by atoms with E-state index < -0.39 is 67.0 Å². The molecular formula is C24H29N5O10S. The van der Waals surface area contributed by atoms with Gasteiger partial charge >= 0.3 is 23.9 Å². The van der Waals surface area contributed by atoms with Crippen molar-refractivity contribution in [3.05, 3.63) is 30.6 Å². The van der Waals surface area contributed by atoms with E-state index in [1.54, 1.807) is 4.57 Å². The Kier molecular flexibility index (Phi) is 10.3. The highest BCUT2D eigenvalue weighted by Crippen LogP contribution is 2.28. The van der Waals surface area contributed by atoms with Gasteiger partial charge in [0.2, 0.25) is 0 Å². The van der Waals surface area contributed by atoms with Gasteiger partial charge in [-0.05, 0) is 24.4 Å². The number of nitrogens with zero attached hydrogens (tertiary/aromatic N) is 2. The lowest BCUT2D eigenvalue weighted by Crippen LogP contribution is -2.67. The fraction of sp³-hybridized carbons (Fsp3) is 0.458. The van der Waals surface area contributed by atoms with Crippen LogP contribution in [0, 0.1) is 0 Å². The molecule has 0 radical (unpaired) electrons. The number of rotatable bonds is 8. The quantitative estimate of drug-likeness (QED) is 0.159. The number of fused-ring (bicyclic) bond motifs is 1. The Morgan fingerprint density at radius 1 is 0.900 bits per heavy atom. The summed E-state index contributed by atoms with van der Waals surface area (Å²) in [6.07, 6.45) is -4.98. The van der Waals surface area contributed by atoms with Crippen LogP contribution >= 0.6 is 12.2 Å². The van der Waals surface area contributed by atoms with E-state index in [0.717, 1.165) is 31.8 Å². The van der Waals surface area contributed by atoms with Gasteiger partial charge in [0.25, 0.3) is 5.91 Å². The van der Waals surface area contributed by atoms with Crippen molar-refractivity contribution in [3.8, 4) is 0 Å². The molecule has 0 aliphatic carbocycles. The second-order valence-electron chi connectivity index (χ2n) is 8.63. The maximum atomic E-state index is 12.5. The minimum absolute atomic E-state index is 0.0742. The Hall–Kier alpha value is -4.31. The summed E-state index contributed by atoms with van der Waals surface area (Å²) in [5.41, 5.74) is 6.43. The van der Waals surface area contributed by atoms with Gasteiger partial charge in [-0.15, -0.1) is 0 Å². The number of carbonyl (C=O) groups is 5. The molecule has 5 atom stereocenters. The third-order valence-electron chi connectivity index (χ3n) is 5.42. The van der Waals surface area contributed by atoms with Gasteiger partial charge in [-0.2, -0.15) is 0 Å². The maximum absolute atomic E-state index is 12.5. The molecular weight excluding hydrogens is 550 g/mol. The first-order valence-corrected chi connectivity index (χ1v) is 12.4. The Morgan fingerprint density at radius 2 is 1.52 bits per heavy atom. The van der Waals surface area contributed by atoms with E-state index in [1.165, 1.54) is 13.3 Å². The topological polar surface area (TPSA) is 185 Å². The Bertz CT molecular complexity index is 1280. The average Bonchev–Trinajstić information content (AvgIpc) is 3.27. The molecule has 0 unspecified atom stereocenters. The van der Waals surface area contributed by atoms with Crippen molar-refractivity contribution in [2.75, 3.05) is 6.61 Å². The summed E-state index contributed by atoms with van der Waals surface area (Å²) >= 11 is 5.26. The highest BCUT2D eigenvalue weighted by atomic mass is 32.1. The number of esters is 4. The molecule has 3 rings (SSSR count). The SMILES string of the molecule is CC(=O)OC[C@H]1O[C@@H](NC(=S)NNC(=O)Cn2cnc3ccccc32)[C@H](OC(C)=O)[C@@H](OC(C)=O)[C@H]1OC(C)=O. The second kappa shape index (κ2) is 13.7. The monoisotopic (exact) mass is 579 g/mol. The zero-order chi connectivity index (χ0) is 29.4. The van der Waals surface area contributed by atoms with E-state index in [1.807, 2.05) is 24.3 Å². The third kappa shape index (κ3) is 8.34. The van der Waals surface area contributed by atoms with Crippen LogP contribution in [-0.2, 0) is 54.2 Å². The molecule has 3 N–H and O–H groups in total. The molecule has 1 aliphatic rings. The van der Waals surface area contributed by atoms with Crippen molar-refractivity contribution < 1.29 is 47.7 Å². The fourth-order valence-electron chi connectivity index (χ4n) is 3.97. The molecule has 2 heterocycles. The molecule has 1 aromatic heterocycles. The standard InChI is InChI=1S/C24H29N5O10S/c1-12(30)35-10-18-20(36-13(2)31)21(37-14(3)32)22(38-15(4)33)23(39-18)26-24(40)28-27-19(34)9-29-11-25-16-7-5-6-8-17(16)29/h5-8,11,18,20-23H,9-10H2,1-4H3,(H,27,34)(H2,26,28,40)/t18-,20+,21+,22-,23-/m1/s1. The van der Waals surface area contributed by atoms with Gasteiger partial charge in [0.1, 0.15) is 19.3 Å². The van der Waals surface area contributed by atoms with E-state index in [4.69, 9.17) is 35.9 Å². The van der Waals surface area contributed by atoms with Crippen LogP contribution < -0.4 is 16.2 Å². The Morgan fingerprint density at radius 3 is 2.17 bits per heavy atom. The Balaban J connectivity index is 1.74. The van der Waals surface area contributed by atoms with E-state index in [-0.39, 0.29) is 11.7 Å². The van der Waals surface area contributed by atoms with Gasteiger partial charge in [0, 0.05) is 27.7 Å². The number of hydrogen-bond donors (Lipinski definition) is 3. The lowest BCUT2D eigenvalue weighted by molar-refractivity contribution is -0.254. The van der Waals surface area contributed by atoms with E-state index in [9.17, 15) is 24.0 Å². The molecule has 1 fully saturated rings. The van der Waals surface area contributed by atoms with Crippen molar-refractivity contribution in [2.24, 2.45) is 0 Å². The second-order valence-corrected chi connectivity index (χ2v) is 9.04. The number of thiocarbonyl (C=S) groups is 1. The number of hydrazine groups is 1. The largest absolute Gasteiger partial charge is 0.463 e. The van der Waals surface area contributed by atoms with Gasteiger partial charge in [0.05, 0.1) is 17.4 Å². The normalized spacial score (nSPS) is 21.9. The van der Waals surface area contributed by atoms with Crippen molar-refractivity contribution in [3.63, 3.8) is 0 Å². The number of para-hydroxylation sites is 2. The summed E-state index contributed by atoms with van der Waals surface area (Å²) in [6, 6.07) is 7.29. The van der Waals surface area contributed by atoms with Gasteiger partial charge in [0.15, 0.2) is 29.7 Å². The van der Waals surface area contributed by atoms with Crippen LogP contribution in [-0.4, -0.2) is 81.7 Å². The maximum Gasteiger partial charge on any atom is 0.303 e. The zero-order valence-corrected chi connectivity index (χ0v) is 22.9. The molecule has 0 bridgehead atoms. The molecule has 1 saturated heterocycles. The van der Waals surface area contributed by atoms with Crippen LogP contribution in [0.2, 0.25) is 0 Å². The fourth-order valence-corrected chi connectivity index (χ4v) is 4.13. The van der Waals surface area contributed by atoms with Crippen LogP contribution in [0.3, 0.4) is 0 Å². The van der Waals surface area contributed by atoms with Crippen molar-refractivity contribution in [1.82, 2.24) is 25.7 Å². The number of hydrogen-bond acceptors (Lipinski definition) is 12. The van der Waals surface area contributed by atoms with Crippen LogP contribution in [0.1, 0.15) is 27.7 Å². The minimum atomic E-state index is -1.37. The first-order chi connectivity index (χ1) is 18.9. The van der Waals surface area contributed by atoms with Crippen molar-refractivity contribution >= 4 is 58.1 Å². The van der Waals surface area contributed by atoms with Crippen LogP contribution in [0.5, 0.6) is 0 Å².